The molecule has 1 aliphatic heterocycles. The number of hydrogen-bond donors (Lipinski definition) is 1. The van der Waals surface area contributed by atoms with Crippen molar-refractivity contribution >= 4 is 11.8 Å². The van der Waals surface area contributed by atoms with Gasteiger partial charge in [0.05, 0.1) is 18.4 Å². The Hall–Kier alpha value is -1.62. The van der Waals surface area contributed by atoms with Crippen molar-refractivity contribution in [2.24, 2.45) is 17.6 Å². The average Bonchev–Trinajstić information content (AvgIpc) is 2.92. The lowest BCUT2D eigenvalue weighted by Gasteiger charge is -2.29. The van der Waals surface area contributed by atoms with Gasteiger partial charge in [-0.15, -0.1) is 0 Å². The van der Waals surface area contributed by atoms with Crippen LogP contribution in [0.3, 0.4) is 0 Å². The van der Waals surface area contributed by atoms with Gasteiger partial charge in [0.2, 0.25) is 0 Å². The van der Waals surface area contributed by atoms with E-state index in [0.29, 0.717) is 23.4 Å². The molecule has 2 heterocycles. The third-order valence-electron chi connectivity index (χ3n) is 4.95. The van der Waals surface area contributed by atoms with Crippen LogP contribution < -0.4 is 10.6 Å². The standard InChI is InChI=1S/C16H23N3O2/c1-10-12(16(20)21-2)6-7-15(18-10)19-8-11-4-3-5-14(17)13(11)9-19/h6-7,11,13-14H,3-5,8-9,17H2,1-2H3. The molecule has 21 heavy (non-hydrogen) atoms. The number of esters is 1. The van der Waals surface area contributed by atoms with Gasteiger partial charge in [0.15, 0.2) is 0 Å². The zero-order valence-corrected chi connectivity index (χ0v) is 12.7. The third-order valence-corrected chi connectivity index (χ3v) is 4.95. The number of ether oxygens (including phenoxy) is 1. The minimum atomic E-state index is -0.330. The highest BCUT2D eigenvalue weighted by Gasteiger charge is 2.39. The number of nitrogens with zero attached hydrogens (tertiary/aromatic N) is 2. The minimum absolute atomic E-state index is 0.323. The molecule has 2 N–H and O–H groups in total. The molecule has 1 aromatic heterocycles. The molecule has 0 aromatic carbocycles. The molecule has 5 heteroatoms. The van der Waals surface area contributed by atoms with E-state index in [0.717, 1.165) is 31.0 Å². The van der Waals surface area contributed by atoms with Crippen LogP contribution in [0.5, 0.6) is 0 Å². The highest BCUT2D eigenvalue weighted by atomic mass is 16.5. The Balaban J connectivity index is 1.79. The van der Waals surface area contributed by atoms with Gasteiger partial charge in [0.25, 0.3) is 0 Å². The smallest absolute Gasteiger partial charge is 0.339 e. The first-order chi connectivity index (χ1) is 10.1. The SMILES string of the molecule is COC(=O)c1ccc(N2CC3CCCC(N)C3C2)nc1C. The summed E-state index contributed by atoms with van der Waals surface area (Å²) in [5, 5.41) is 0. The molecule has 3 rings (SSSR count). The first-order valence-electron chi connectivity index (χ1n) is 7.66. The molecule has 0 bridgehead atoms. The molecular formula is C16H23N3O2. The van der Waals surface area contributed by atoms with E-state index in [1.807, 2.05) is 19.1 Å². The molecule has 0 amide bonds. The van der Waals surface area contributed by atoms with E-state index < -0.39 is 0 Å². The lowest BCUT2D eigenvalue weighted by Crippen LogP contribution is -2.38. The molecule has 0 radical (unpaired) electrons. The molecule has 2 aliphatic rings. The summed E-state index contributed by atoms with van der Waals surface area (Å²) in [6, 6.07) is 4.05. The van der Waals surface area contributed by atoms with Gasteiger partial charge >= 0.3 is 5.97 Å². The van der Waals surface area contributed by atoms with Crippen LogP contribution in [0.15, 0.2) is 12.1 Å². The summed E-state index contributed by atoms with van der Waals surface area (Å²) in [6.07, 6.45) is 3.65. The van der Waals surface area contributed by atoms with E-state index in [1.165, 1.54) is 20.0 Å². The molecule has 1 saturated carbocycles. The molecule has 1 saturated heterocycles. The number of methoxy groups -OCH3 is 1. The number of carbonyl (C=O) groups excluding carboxylic acids is 1. The van der Waals surface area contributed by atoms with Gasteiger partial charge in [-0.2, -0.15) is 0 Å². The summed E-state index contributed by atoms with van der Waals surface area (Å²) in [7, 11) is 1.39. The Kier molecular flexibility index (Phi) is 3.85. The van der Waals surface area contributed by atoms with Gasteiger partial charge in [-0.1, -0.05) is 6.42 Å². The minimum Gasteiger partial charge on any atom is -0.465 e. The van der Waals surface area contributed by atoms with Crippen molar-refractivity contribution in [1.29, 1.82) is 0 Å². The molecule has 3 unspecified atom stereocenters. The molecule has 1 aromatic rings. The second-order valence-corrected chi connectivity index (χ2v) is 6.22. The van der Waals surface area contributed by atoms with E-state index in [2.05, 4.69) is 9.88 Å². The van der Waals surface area contributed by atoms with Gasteiger partial charge in [0, 0.05) is 19.1 Å². The van der Waals surface area contributed by atoms with Crippen molar-refractivity contribution in [2.45, 2.75) is 32.2 Å². The van der Waals surface area contributed by atoms with Gasteiger partial charge in [-0.3, -0.25) is 0 Å². The molecule has 1 aliphatic carbocycles. The van der Waals surface area contributed by atoms with E-state index in [-0.39, 0.29) is 5.97 Å². The molecule has 114 valence electrons. The van der Waals surface area contributed by atoms with Crippen molar-refractivity contribution < 1.29 is 9.53 Å². The Bertz CT molecular complexity index is 546. The van der Waals surface area contributed by atoms with E-state index in [1.54, 1.807) is 0 Å². The van der Waals surface area contributed by atoms with Crippen LogP contribution >= 0.6 is 0 Å². The fraction of sp³-hybridized carbons (Fsp3) is 0.625. The Labute approximate surface area is 125 Å². The number of carbonyl (C=O) groups is 1. The zero-order valence-electron chi connectivity index (χ0n) is 12.7. The number of fused-ring (bicyclic) bond motifs is 1. The summed E-state index contributed by atoms with van der Waals surface area (Å²) in [5.41, 5.74) is 7.52. The van der Waals surface area contributed by atoms with Crippen LogP contribution in [0, 0.1) is 18.8 Å². The van der Waals surface area contributed by atoms with Gasteiger partial charge < -0.3 is 15.4 Å². The van der Waals surface area contributed by atoms with Crippen molar-refractivity contribution in [3.63, 3.8) is 0 Å². The lowest BCUT2D eigenvalue weighted by atomic mass is 9.78. The molecule has 3 atom stereocenters. The van der Waals surface area contributed by atoms with Crippen LogP contribution in [0.25, 0.3) is 0 Å². The van der Waals surface area contributed by atoms with Crippen LogP contribution in [0.2, 0.25) is 0 Å². The topological polar surface area (TPSA) is 68.5 Å². The highest BCUT2D eigenvalue weighted by molar-refractivity contribution is 5.90. The Morgan fingerprint density at radius 1 is 1.38 bits per heavy atom. The van der Waals surface area contributed by atoms with Crippen LogP contribution in [0.4, 0.5) is 5.82 Å². The molecular weight excluding hydrogens is 266 g/mol. The Morgan fingerprint density at radius 2 is 2.19 bits per heavy atom. The number of aromatic nitrogens is 1. The van der Waals surface area contributed by atoms with E-state index >= 15 is 0 Å². The predicted octanol–water partition coefficient (Wildman–Crippen LogP) is 1.74. The van der Waals surface area contributed by atoms with Crippen molar-refractivity contribution in [3.05, 3.63) is 23.4 Å². The summed E-state index contributed by atoms with van der Waals surface area (Å²) < 4.78 is 4.76. The van der Waals surface area contributed by atoms with Crippen LogP contribution in [-0.4, -0.2) is 37.2 Å². The van der Waals surface area contributed by atoms with Crippen molar-refractivity contribution in [2.75, 3.05) is 25.1 Å². The van der Waals surface area contributed by atoms with Crippen LogP contribution in [-0.2, 0) is 4.74 Å². The lowest BCUT2D eigenvalue weighted by molar-refractivity contribution is 0.0599. The first kappa shape index (κ1) is 14.3. The fourth-order valence-corrected chi connectivity index (χ4v) is 3.75. The largest absolute Gasteiger partial charge is 0.465 e. The molecule has 2 fully saturated rings. The van der Waals surface area contributed by atoms with Gasteiger partial charge in [-0.05, 0) is 43.7 Å². The summed E-state index contributed by atoms with van der Waals surface area (Å²) in [4.78, 5) is 18.5. The van der Waals surface area contributed by atoms with Crippen molar-refractivity contribution in [3.8, 4) is 0 Å². The quantitative estimate of drug-likeness (QED) is 0.840. The zero-order chi connectivity index (χ0) is 15.0. The first-order valence-corrected chi connectivity index (χ1v) is 7.66. The highest BCUT2D eigenvalue weighted by Crippen LogP contribution is 2.37. The monoisotopic (exact) mass is 289 g/mol. The maximum atomic E-state index is 11.6. The van der Waals surface area contributed by atoms with Gasteiger partial charge in [-0.25, -0.2) is 9.78 Å². The second-order valence-electron chi connectivity index (χ2n) is 6.22. The number of hydrogen-bond acceptors (Lipinski definition) is 5. The number of pyridine rings is 1. The normalized spacial score (nSPS) is 28.3. The number of nitrogens with two attached hydrogens (primary N) is 1. The van der Waals surface area contributed by atoms with Crippen LogP contribution in [0.1, 0.15) is 35.3 Å². The molecule has 0 spiro atoms. The van der Waals surface area contributed by atoms with E-state index in [9.17, 15) is 4.79 Å². The summed E-state index contributed by atoms with van der Waals surface area (Å²) in [5.74, 6) is 1.89. The van der Waals surface area contributed by atoms with Gasteiger partial charge in [0.1, 0.15) is 5.82 Å². The summed E-state index contributed by atoms with van der Waals surface area (Å²) >= 11 is 0. The Morgan fingerprint density at radius 3 is 2.86 bits per heavy atom. The summed E-state index contributed by atoms with van der Waals surface area (Å²) in [6.45, 7) is 3.86. The predicted molar refractivity (Wildman–Crippen MR) is 81.3 cm³/mol. The third kappa shape index (κ3) is 2.62. The van der Waals surface area contributed by atoms with Crippen molar-refractivity contribution in [1.82, 2.24) is 4.98 Å². The number of rotatable bonds is 2. The maximum Gasteiger partial charge on any atom is 0.339 e. The number of anilines is 1. The molecule has 5 nitrogen and oxygen atoms in total. The average molecular weight is 289 g/mol. The number of aryl methyl sites for hydroxylation is 1. The van der Waals surface area contributed by atoms with E-state index in [4.69, 9.17) is 10.5 Å². The second kappa shape index (κ2) is 5.64. The maximum absolute atomic E-state index is 11.6. The fourth-order valence-electron chi connectivity index (χ4n) is 3.75.